The largest absolute Gasteiger partial charge is 0.494 e. The van der Waals surface area contributed by atoms with E-state index in [0.29, 0.717) is 13.2 Å². The standard InChI is InChI=1S/C24H34N6O2/c1-2-26-24(28-14-7-17-32-21-9-4-3-5-10-21)29-18-20-8-6-13-27-23(20)30-15-11-19(12-16-30)22(25)31/h3-6,8-10,13,19H,2,7,11-12,14-18H2,1H3,(H2,25,31)(H2,26,28,29). The normalized spacial score (nSPS) is 14.8. The monoisotopic (exact) mass is 438 g/mol. The molecule has 172 valence electrons. The second kappa shape index (κ2) is 12.5. The smallest absolute Gasteiger partial charge is 0.220 e. The van der Waals surface area contributed by atoms with Crippen molar-refractivity contribution in [1.82, 2.24) is 15.6 Å². The average Bonchev–Trinajstić information content (AvgIpc) is 2.83. The molecule has 1 fully saturated rings. The number of anilines is 1. The maximum Gasteiger partial charge on any atom is 0.220 e. The van der Waals surface area contributed by atoms with Crippen LogP contribution < -0.4 is 26.0 Å². The summed E-state index contributed by atoms with van der Waals surface area (Å²) in [5, 5.41) is 6.66. The van der Waals surface area contributed by atoms with Crippen molar-refractivity contribution >= 4 is 17.7 Å². The van der Waals surface area contributed by atoms with Gasteiger partial charge in [0.25, 0.3) is 0 Å². The lowest BCUT2D eigenvalue weighted by Gasteiger charge is -2.32. The first-order chi connectivity index (χ1) is 15.7. The molecule has 1 aromatic heterocycles. The molecule has 1 amide bonds. The van der Waals surface area contributed by atoms with E-state index in [9.17, 15) is 4.79 Å². The molecule has 1 aromatic carbocycles. The summed E-state index contributed by atoms with van der Waals surface area (Å²) in [6, 6.07) is 13.8. The van der Waals surface area contributed by atoms with E-state index in [2.05, 4.69) is 26.6 Å². The van der Waals surface area contributed by atoms with E-state index in [1.165, 1.54) is 0 Å². The van der Waals surface area contributed by atoms with Gasteiger partial charge in [-0.05, 0) is 44.4 Å². The molecule has 2 heterocycles. The lowest BCUT2D eigenvalue weighted by molar-refractivity contribution is -0.122. The fraction of sp³-hybridized carbons (Fsp3) is 0.458. The minimum Gasteiger partial charge on any atom is -0.494 e. The number of nitrogens with two attached hydrogens (primary N) is 1. The van der Waals surface area contributed by atoms with E-state index in [0.717, 1.165) is 68.5 Å². The zero-order valence-electron chi connectivity index (χ0n) is 18.8. The van der Waals surface area contributed by atoms with Gasteiger partial charge in [0.2, 0.25) is 5.91 Å². The van der Waals surface area contributed by atoms with Gasteiger partial charge in [0.1, 0.15) is 11.6 Å². The number of amides is 1. The van der Waals surface area contributed by atoms with Crippen LogP contribution in [0.4, 0.5) is 5.82 Å². The van der Waals surface area contributed by atoms with E-state index in [4.69, 9.17) is 15.5 Å². The summed E-state index contributed by atoms with van der Waals surface area (Å²) in [6.45, 7) is 6.32. The molecule has 0 spiro atoms. The van der Waals surface area contributed by atoms with Gasteiger partial charge in [0, 0.05) is 43.9 Å². The van der Waals surface area contributed by atoms with Crippen molar-refractivity contribution in [1.29, 1.82) is 0 Å². The van der Waals surface area contributed by atoms with Gasteiger partial charge in [-0.2, -0.15) is 0 Å². The number of benzene rings is 1. The third kappa shape index (κ3) is 7.14. The summed E-state index contributed by atoms with van der Waals surface area (Å²) < 4.78 is 5.74. The predicted octanol–water partition coefficient (Wildman–Crippen LogP) is 2.31. The van der Waals surface area contributed by atoms with Crippen molar-refractivity contribution in [3.05, 3.63) is 54.2 Å². The Hall–Kier alpha value is -3.29. The highest BCUT2D eigenvalue weighted by molar-refractivity contribution is 5.79. The number of guanidine groups is 1. The molecule has 8 heteroatoms. The second-order valence-electron chi connectivity index (χ2n) is 7.79. The van der Waals surface area contributed by atoms with Crippen molar-refractivity contribution in [3.63, 3.8) is 0 Å². The van der Waals surface area contributed by atoms with Crippen molar-refractivity contribution in [3.8, 4) is 5.75 Å². The minimum absolute atomic E-state index is 0.0353. The fourth-order valence-corrected chi connectivity index (χ4v) is 3.71. The van der Waals surface area contributed by atoms with Gasteiger partial charge in [-0.25, -0.2) is 9.98 Å². The number of nitrogens with zero attached hydrogens (tertiary/aromatic N) is 3. The number of pyridine rings is 1. The SMILES string of the molecule is CCNC(=NCc1cccnc1N1CCC(C(N)=O)CC1)NCCCOc1ccccc1. The molecular weight excluding hydrogens is 404 g/mol. The number of aliphatic imine (C=N–C) groups is 1. The Morgan fingerprint density at radius 1 is 1.19 bits per heavy atom. The summed E-state index contributed by atoms with van der Waals surface area (Å²) in [7, 11) is 0. The van der Waals surface area contributed by atoms with Crippen LogP contribution in [-0.4, -0.2) is 49.6 Å². The number of primary amides is 1. The number of hydrogen-bond donors (Lipinski definition) is 3. The van der Waals surface area contributed by atoms with Crippen molar-refractivity contribution < 1.29 is 9.53 Å². The average molecular weight is 439 g/mol. The first kappa shape index (κ1) is 23.4. The highest BCUT2D eigenvalue weighted by Gasteiger charge is 2.24. The molecule has 1 saturated heterocycles. The highest BCUT2D eigenvalue weighted by Crippen LogP contribution is 2.24. The number of aromatic nitrogens is 1. The highest BCUT2D eigenvalue weighted by atomic mass is 16.5. The molecular formula is C24H34N6O2. The Morgan fingerprint density at radius 2 is 1.97 bits per heavy atom. The number of carbonyl (C=O) groups is 1. The number of piperidine rings is 1. The summed E-state index contributed by atoms with van der Waals surface area (Å²) in [4.78, 5) is 23.0. The lowest BCUT2D eigenvalue weighted by Crippen LogP contribution is -2.39. The van der Waals surface area contributed by atoms with Crippen LogP contribution in [0.25, 0.3) is 0 Å². The molecule has 0 unspecified atom stereocenters. The summed E-state index contributed by atoms with van der Waals surface area (Å²) in [6.07, 6.45) is 4.21. The van der Waals surface area contributed by atoms with Crippen molar-refractivity contribution in [2.75, 3.05) is 37.7 Å². The van der Waals surface area contributed by atoms with E-state index in [1.807, 2.05) is 43.3 Å². The second-order valence-corrected chi connectivity index (χ2v) is 7.79. The van der Waals surface area contributed by atoms with Crippen LogP contribution in [0, 0.1) is 5.92 Å². The van der Waals surface area contributed by atoms with Gasteiger partial charge >= 0.3 is 0 Å². The van der Waals surface area contributed by atoms with Gasteiger partial charge in [0.05, 0.1) is 13.2 Å². The minimum atomic E-state index is -0.203. The lowest BCUT2D eigenvalue weighted by atomic mass is 9.96. The maximum absolute atomic E-state index is 11.5. The Labute approximate surface area is 190 Å². The Bertz CT molecular complexity index is 866. The zero-order valence-corrected chi connectivity index (χ0v) is 18.8. The third-order valence-electron chi connectivity index (χ3n) is 5.44. The number of ether oxygens (including phenoxy) is 1. The molecule has 8 nitrogen and oxygen atoms in total. The van der Waals surface area contributed by atoms with E-state index < -0.39 is 0 Å². The van der Waals surface area contributed by atoms with Crippen molar-refractivity contribution in [2.24, 2.45) is 16.6 Å². The van der Waals surface area contributed by atoms with Gasteiger partial charge in [0.15, 0.2) is 5.96 Å². The van der Waals surface area contributed by atoms with E-state index >= 15 is 0 Å². The Kier molecular flexibility index (Phi) is 9.16. The van der Waals surface area contributed by atoms with Gasteiger partial charge < -0.3 is 26.0 Å². The Balaban J connectivity index is 1.51. The molecule has 0 aliphatic carbocycles. The summed E-state index contributed by atoms with van der Waals surface area (Å²) in [5.41, 5.74) is 6.53. The topological polar surface area (TPSA) is 105 Å². The van der Waals surface area contributed by atoms with E-state index in [1.54, 1.807) is 6.20 Å². The van der Waals surface area contributed by atoms with Gasteiger partial charge in [-0.1, -0.05) is 24.3 Å². The molecule has 2 aromatic rings. The molecule has 3 rings (SSSR count). The predicted molar refractivity (Wildman–Crippen MR) is 128 cm³/mol. The van der Waals surface area contributed by atoms with E-state index in [-0.39, 0.29) is 11.8 Å². The zero-order chi connectivity index (χ0) is 22.6. The quantitative estimate of drug-likeness (QED) is 0.299. The fourth-order valence-electron chi connectivity index (χ4n) is 3.71. The molecule has 0 atom stereocenters. The van der Waals surface area contributed by atoms with Crippen LogP contribution in [0.3, 0.4) is 0 Å². The number of carbonyl (C=O) groups excluding carboxylic acids is 1. The Morgan fingerprint density at radius 3 is 2.69 bits per heavy atom. The number of hydrogen-bond acceptors (Lipinski definition) is 5. The van der Waals surface area contributed by atoms with Crippen LogP contribution in [0.5, 0.6) is 5.75 Å². The number of para-hydroxylation sites is 1. The van der Waals surface area contributed by atoms with Crippen LogP contribution in [-0.2, 0) is 11.3 Å². The molecule has 1 aliphatic rings. The third-order valence-corrected chi connectivity index (χ3v) is 5.44. The molecule has 0 radical (unpaired) electrons. The van der Waals surface area contributed by atoms with Gasteiger partial charge in [-0.15, -0.1) is 0 Å². The molecule has 32 heavy (non-hydrogen) atoms. The van der Waals surface area contributed by atoms with Crippen LogP contribution in [0.1, 0.15) is 31.7 Å². The summed E-state index contributed by atoms with van der Waals surface area (Å²) in [5.74, 6) is 2.36. The van der Waals surface area contributed by atoms with Gasteiger partial charge in [-0.3, -0.25) is 4.79 Å². The first-order valence-corrected chi connectivity index (χ1v) is 11.4. The summed E-state index contributed by atoms with van der Waals surface area (Å²) >= 11 is 0. The number of rotatable bonds is 10. The molecule has 0 saturated carbocycles. The van der Waals surface area contributed by atoms with Crippen LogP contribution in [0.15, 0.2) is 53.7 Å². The van der Waals surface area contributed by atoms with Crippen molar-refractivity contribution in [2.45, 2.75) is 32.7 Å². The first-order valence-electron chi connectivity index (χ1n) is 11.4. The maximum atomic E-state index is 11.5. The number of nitrogens with one attached hydrogen (secondary N) is 2. The molecule has 4 N–H and O–H groups in total. The molecule has 1 aliphatic heterocycles. The van der Waals surface area contributed by atoms with Crippen LogP contribution in [0.2, 0.25) is 0 Å². The molecule has 0 bridgehead atoms. The van der Waals surface area contributed by atoms with Crippen LogP contribution >= 0.6 is 0 Å².